The molecule has 6 nitrogen and oxygen atoms in total. The molecule has 0 aromatic carbocycles. The number of carbonyl (C=O) groups excluding carboxylic acids is 1. The molecule has 1 saturated carbocycles. The summed E-state index contributed by atoms with van der Waals surface area (Å²) >= 11 is 0. The van der Waals surface area contributed by atoms with Crippen molar-refractivity contribution in [2.75, 3.05) is 26.3 Å². The molecule has 0 radical (unpaired) electrons. The average molecular weight is 317 g/mol. The van der Waals surface area contributed by atoms with Crippen molar-refractivity contribution < 1.29 is 14.3 Å². The molecule has 1 aromatic heterocycles. The van der Waals surface area contributed by atoms with Crippen molar-refractivity contribution in [2.45, 2.75) is 44.3 Å². The fourth-order valence-electron chi connectivity index (χ4n) is 3.43. The first kappa shape index (κ1) is 15.0. The number of rotatable bonds is 4. The fourth-order valence-corrected chi connectivity index (χ4v) is 3.43. The van der Waals surface area contributed by atoms with Crippen LogP contribution in [0, 0.1) is 12.8 Å². The first-order valence-corrected chi connectivity index (χ1v) is 8.47. The van der Waals surface area contributed by atoms with E-state index in [9.17, 15) is 4.79 Å². The number of ether oxygens (including phenoxy) is 2. The van der Waals surface area contributed by atoms with Crippen LogP contribution in [0.3, 0.4) is 0 Å². The summed E-state index contributed by atoms with van der Waals surface area (Å²) in [5, 5.41) is 0. The first-order chi connectivity index (χ1) is 11.1. The maximum atomic E-state index is 12.5. The molecule has 1 amide bonds. The lowest BCUT2D eigenvalue weighted by atomic mass is 9.98. The van der Waals surface area contributed by atoms with Gasteiger partial charge in [-0.3, -0.25) is 9.78 Å². The smallest absolute Gasteiger partial charge is 0.274 e. The third kappa shape index (κ3) is 3.23. The second-order valence-corrected chi connectivity index (χ2v) is 7.12. The van der Waals surface area contributed by atoms with E-state index in [4.69, 9.17) is 9.47 Å². The Labute approximate surface area is 136 Å². The molecule has 3 fully saturated rings. The molecule has 6 heteroatoms. The Kier molecular flexibility index (Phi) is 3.81. The van der Waals surface area contributed by atoms with Gasteiger partial charge in [0.2, 0.25) is 0 Å². The van der Waals surface area contributed by atoms with Crippen molar-refractivity contribution in [1.82, 2.24) is 14.9 Å². The average Bonchev–Trinajstić information content (AvgIpc) is 3.18. The molecule has 1 spiro atoms. The highest BCUT2D eigenvalue weighted by Gasteiger charge is 2.47. The van der Waals surface area contributed by atoms with Gasteiger partial charge < -0.3 is 14.4 Å². The van der Waals surface area contributed by atoms with Crippen LogP contribution in [0.1, 0.15) is 41.9 Å². The van der Waals surface area contributed by atoms with Crippen molar-refractivity contribution >= 4 is 5.91 Å². The largest absolute Gasteiger partial charge is 0.375 e. The molecule has 2 saturated heterocycles. The van der Waals surface area contributed by atoms with Crippen LogP contribution in [0.5, 0.6) is 0 Å². The summed E-state index contributed by atoms with van der Waals surface area (Å²) in [6.07, 6.45) is 7.75. The van der Waals surface area contributed by atoms with Crippen molar-refractivity contribution in [3.63, 3.8) is 0 Å². The highest BCUT2D eigenvalue weighted by atomic mass is 16.6. The van der Waals surface area contributed by atoms with Crippen molar-refractivity contribution in [3.8, 4) is 0 Å². The number of carbonyl (C=O) groups is 1. The molecule has 23 heavy (non-hydrogen) atoms. The zero-order valence-electron chi connectivity index (χ0n) is 13.5. The van der Waals surface area contributed by atoms with Gasteiger partial charge in [0.05, 0.1) is 36.7 Å². The zero-order valence-corrected chi connectivity index (χ0v) is 13.5. The minimum absolute atomic E-state index is 0.0553. The topological polar surface area (TPSA) is 64.6 Å². The number of likely N-dealkylation sites (tertiary alicyclic amines) is 1. The Hall–Kier alpha value is -1.53. The molecule has 2 aliphatic heterocycles. The number of amides is 1. The Balaban J connectivity index is 1.35. The fraction of sp³-hybridized carbons (Fsp3) is 0.706. The molecule has 3 aliphatic rings. The minimum atomic E-state index is -0.220. The molecular weight excluding hydrogens is 294 g/mol. The summed E-state index contributed by atoms with van der Waals surface area (Å²) in [5.41, 5.74) is 1.00. The Morgan fingerprint density at radius 3 is 3.04 bits per heavy atom. The van der Waals surface area contributed by atoms with Gasteiger partial charge in [-0.15, -0.1) is 0 Å². The van der Waals surface area contributed by atoms with Gasteiger partial charge in [-0.05, 0) is 32.1 Å². The van der Waals surface area contributed by atoms with E-state index >= 15 is 0 Å². The third-order valence-electron chi connectivity index (χ3n) is 5.04. The van der Waals surface area contributed by atoms with Gasteiger partial charge in [0.25, 0.3) is 5.91 Å². The van der Waals surface area contributed by atoms with Gasteiger partial charge in [0, 0.05) is 25.8 Å². The number of aryl methyl sites for hydroxylation is 1. The Morgan fingerprint density at radius 2 is 2.30 bits per heavy atom. The Morgan fingerprint density at radius 1 is 1.43 bits per heavy atom. The van der Waals surface area contributed by atoms with Gasteiger partial charge in [-0.2, -0.15) is 0 Å². The molecule has 0 unspecified atom stereocenters. The van der Waals surface area contributed by atoms with Crippen LogP contribution < -0.4 is 0 Å². The highest BCUT2D eigenvalue weighted by molar-refractivity contribution is 5.92. The summed E-state index contributed by atoms with van der Waals surface area (Å²) in [6.45, 7) is 4.72. The lowest BCUT2D eigenvalue weighted by Gasteiger charge is -2.23. The lowest BCUT2D eigenvalue weighted by Crippen LogP contribution is -2.36. The summed E-state index contributed by atoms with van der Waals surface area (Å²) < 4.78 is 12.0. The predicted molar refractivity (Wildman–Crippen MR) is 83.1 cm³/mol. The van der Waals surface area contributed by atoms with Crippen LogP contribution in [0.25, 0.3) is 0 Å². The van der Waals surface area contributed by atoms with Crippen LogP contribution in [0.4, 0.5) is 0 Å². The second-order valence-electron chi connectivity index (χ2n) is 7.12. The SMILES string of the molecule is Cc1cnc(C(=O)N2CC[C@]3(C[C@H](OCC4CC4)CO3)C2)cn1. The highest BCUT2D eigenvalue weighted by Crippen LogP contribution is 2.37. The molecule has 0 N–H and O–H groups in total. The predicted octanol–water partition coefficient (Wildman–Crippen LogP) is 1.59. The first-order valence-electron chi connectivity index (χ1n) is 8.47. The van der Waals surface area contributed by atoms with Crippen LogP contribution in [-0.4, -0.2) is 58.8 Å². The third-order valence-corrected chi connectivity index (χ3v) is 5.04. The van der Waals surface area contributed by atoms with Crippen molar-refractivity contribution in [1.29, 1.82) is 0 Å². The minimum Gasteiger partial charge on any atom is -0.375 e. The number of aromatic nitrogens is 2. The van der Waals surface area contributed by atoms with E-state index < -0.39 is 0 Å². The van der Waals surface area contributed by atoms with Gasteiger partial charge in [-0.25, -0.2) is 4.98 Å². The summed E-state index contributed by atoms with van der Waals surface area (Å²) in [6, 6.07) is 0. The number of hydrogen-bond donors (Lipinski definition) is 0. The molecular formula is C17H23N3O3. The quantitative estimate of drug-likeness (QED) is 0.844. The van der Waals surface area contributed by atoms with Crippen molar-refractivity contribution in [2.24, 2.45) is 5.92 Å². The zero-order chi connectivity index (χ0) is 15.9. The normalized spacial score (nSPS) is 30.3. The Bertz CT molecular complexity index is 587. The molecule has 0 bridgehead atoms. The van der Waals surface area contributed by atoms with Gasteiger partial charge in [0.1, 0.15) is 5.69 Å². The molecule has 1 aromatic rings. The van der Waals surface area contributed by atoms with Gasteiger partial charge in [0.15, 0.2) is 0 Å². The van der Waals surface area contributed by atoms with E-state index in [0.717, 1.165) is 31.1 Å². The van der Waals surface area contributed by atoms with E-state index in [1.165, 1.54) is 12.8 Å². The van der Waals surface area contributed by atoms with Crippen LogP contribution in [0.15, 0.2) is 12.4 Å². The van der Waals surface area contributed by atoms with Crippen LogP contribution in [-0.2, 0) is 9.47 Å². The molecule has 4 rings (SSSR count). The lowest BCUT2D eigenvalue weighted by molar-refractivity contribution is 0.00153. The summed E-state index contributed by atoms with van der Waals surface area (Å²) in [5.74, 6) is 0.716. The maximum absolute atomic E-state index is 12.5. The molecule has 1 aliphatic carbocycles. The van der Waals surface area contributed by atoms with E-state index in [1.807, 2.05) is 11.8 Å². The van der Waals surface area contributed by atoms with Crippen molar-refractivity contribution in [3.05, 3.63) is 23.8 Å². The van der Waals surface area contributed by atoms with E-state index in [1.54, 1.807) is 12.4 Å². The summed E-state index contributed by atoms with van der Waals surface area (Å²) in [4.78, 5) is 22.7. The maximum Gasteiger partial charge on any atom is 0.274 e. The van der Waals surface area contributed by atoms with E-state index in [0.29, 0.717) is 25.4 Å². The second kappa shape index (κ2) is 5.83. The van der Waals surface area contributed by atoms with E-state index in [-0.39, 0.29) is 17.6 Å². The van der Waals surface area contributed by atoms with Crippen LogP contribution in [0.2, 0.25) is 0 Å². The molecule has 3 heterocycles. The standard InChI is InChI=1S/C17H23N3O3/c1-12-7-19-15(8-18-12)16(21)20-5-4-17(11-20)6-14(10-23-17)22-9-13-2-3-13/h7-8,13-14H,2-6,9-11H2,1H3/t14-,17-/m0/s1. The number of nitrogens with zero attached hydrogens (tertiary/aromatic N) is 3. The van der Waals surface area contributed by atoms with Gasteiger partial charge >= 0.3 is 0 Å². The molecule has 124 valence electrons. The molecule has 2 atom stereocenters. The van der Waals surface area contributed by atoms with E-state index in [2.05, 4.69) is 9.97 Å². The van der Waals surface area contributed by atoms with Gasteiger partial charge in [-0.1, -0.05) is 0 Å². The summed E-state index contributed by atoms with van der Waals surface area (Å²) in [7, 11) is 0. The number of hydrogen-bond acceptors (Lipinski definition) is 5. The van der Waals surface area contributed by atoms with Crippen LogP contribution >= 0.6 is 0 Å². The monoisotopic (exact) mass is 317 g/mol.